The minimum atomic E-state index is -0.868. The summed E-state index contributed by atoms with van der Waals surface area (Å²) in [6, 6.07) is 16.0. The number of amides is 1. The summed E-state index contributed by atoms with van der Waals surface area (Å²) in [5.41, 5.74) is 4.83. The minimum Gasteiger partial charge on any atom is -0.507 e. The number of aromatic nitrogens is 1. The zero-order valence-corrected chi connectivity index (χ0v) is 20.3. The first-order valence-corrected chi connectivity index (χ1v) is 12.1. The van der Waals surface area contributed by atoms with Gasteiger partial charge in [0.15, 0.2) is 5.13 Å². The summed E-state index contributed by atoms with van der Waals surface area (Å²) in [7, 11) is 0. The molecule has 4 aromatic rings. The van der Waals surface area contributed by atoms with E-state index in [0.717, 1.165) is 33.3 Å². The van der Waals surface area contributed by atoms with Crippen LogP contribution in [0.1, 0.15) is 40.8 Å². The van der Waals surface area contributed by atoms with Crippen LogP contribution in [-0.2, 0) is 16.0 Å². The van der Waals surface area contributed by atoms with Crippen molar-refractivity contribution in [2.24, 2.45) is 0 Å². The third kappa shape index (κ3) is 3.91. The average Bonchev–Trinajstić information content (AvgIpc) is 3.38. The van der Waals surface area contributed by atoms with Crippen LogP contribution >= 0.6 is 11.3 Å². The quantitative estimate of drug-likeness (QED) is 0.211. The molecule has 1 aliphatic rings. The molecule has 5 rings (SSSR count). The van der Waals surface area contributed by atoms with Gasteiger partial charge in [0.25, 0.3) is 5.78 Å². The molecule has 1 aliphatic heterocycles. The summed E-state index contributed by atoms with van der Waals surface area (Å²) in [4.78, 5) is 32.8. The zero-order valence-electron chi connectivity index (χ0n) is 19.5. The third-order valence-electron chi connectivity index (χ3n) is 6.29. The predicted molar refractivity (Wildman–Crippen MR) is 136 cm³/mol. The number of fused-ring (bicyclic) bond motifs is 1. The van der Waals surface area contributed by atoms with Gasteiger partial charge >= 0.3 is 5.91 Å². The fraction of sp³-hybridized carbons (Fsp3) is 0.179. The monoisotopic (exact) mass is 486 g/mol. The standard InChI is InChI=1S/C28H23FN2O3S/c1-4-17-5-7-18(8-6-17)24-22(25(32)19-9-11-20(29)12-10-19)26(33)27(34)31(24)28-30-23-16(3)13-15(2)14-21(23)35-28/h5-14,24,32H,4H2,1-3H3/b25-22+. The lowest BCUT2D eigenvalue weighted by Crippen LogP contribution is -2.29. The summed E-state index contributed by atoms with van der Waals surface area (Å²) >= 11 is 1.33. The molecule has 1 amide bonds. The van der Waals surface area contributed by atoms with Gasteiger partial charge in [0.05, 0.1) is 21.8 Å². The number of aliphatic hydroxyl groups excluding tert-OH is 1. The van der Waals surface area contributed by atoms with Gasteiger partial charge in [0, 0.05) is 5.56 Å². The summed E-state index contributed by atoms with van der Waals surface area (Å²) in [6.45, 7) is 6.00. The Morgan fingerprint density at radius 3 is 2.40 bits per heavy atom. The molecule has 0 radical (unpaired) electrons. The average molecular weight is 487 g/mol. The van der Waals surface area contributed by atoms with Crippen molar-refractivity contribution in [2.75, 3.05) is 4.90 Å². The minimum absolute atomic E-state index is 0.0435. The maximum atomic E-state index is 13.5. The van der Waals surface area contributed by atoms with E-state index in [9.17, 15) is 19.1 Å². The first kappa shape index (κ1) is 22.9. The van der Waals surface area contributed by atoms with Gasteiger partial charge in [0.2, 0.25) is 0 Å². The van der Waals surface area contributed by atoms with Crippen molar-refractivity contribution < 1.29 is 19.1 Å². The highest BCUT2D eigenvalue weighted by molar-refractivity contribution is 7.22. The Hall–Kier alpha value is -3.84. The molecule has 1 N–H and O–H groups in total. The topological polar surface area (TPSA) is 70.5 Å². The molecule has 2 heterocycles. The number of aryl methyl sites for hydroxylation is 3. The molecule has 1 saturated heterocycles. The van der Waals surface area contributed by atoms with E-state index >= 15 is 0 Å². The van der Waals surface area contributed by atoms with Crippen LogP contribution in [0.4, 0.5) is 9.52 Å². The number of rotatable bonds is 4. The number of hydrogen-bond donors (Lipinski definition) is 1. The van der Waals surface area contributed by atoms with Crippen LogP contribution in [0.3, 0.4) is 0 Å². The fourth-order valence-corrected chi connectivity index (χ4v) is 5.67. The van der Waals surface area contributed by atoms with Gasteiger partial charge in [-0.15, -0.1) is 0 Å². The number of thiazole rings is 1. The molecule has 0 bridgehead atoms. The summed E-state index contributed by atoms with van der Waals surface area (Å²) in [5, 5.41) is 11.5. The van der Waals surface area contributed by atoms with E-state index < -0.39 is 23.5 Å². The lowest BCUT2D eigenvalue weighted by atomic mass is 9.94. The van der Waals surface area contributed by atoms with Crippen LogP contribution in [0, 0.1) is 19.7 Å². The number of carbonyl (C=O) groups is 2. The predicted octanol–water partition coefficient (Wildman–Crippen LogP) is 6.24. The number of nitrogens with zero attached hydrogens (tertiary/aromatic N) is 2. The van der Waals surface area contributed by atoms with Gasteiger partial charge in [-0.1, -0.05) is 48.6 Å². The largest absolute Gasteiger partial charge is 0.507 e. The van der Waals surface area contributed by atoms with E-state index in [2.05, 4.69) is 0 Å². The third-order valence-corrected chi connectivity index (χ3v) is 7.29. The van der Waals surface area contributed by atoms with E-state index in [4.69, 9.17) is 4.98 Å². The highest BCUT2D eigenvalue weighted by Gasteiger charge is 2.48. The maximum absolute atomic E-state index is 13.5. The second-order valence-electron chi connectivity index (χ2n) is 8.70. The molecule has 0 saturated carbocycles. The van der Waals surface area contributed by atoms with Crippen LogP contribution < -0.4 is 4.90 Å². The molecule has 3 aromatic carbocycles. The Kier molecular flexibility index (Phi) is 5.73. The highest BCUT2D eigenvalue weighted by atomic mass is 32.1. The van der Waals surface area contributed by atoms with E-state index in [1.165, 1.54) is 40.5 Å². The van der Waals surface area contributed by atoms with Gasteiger partial charge in [-0.25, -0.2) is 9.37 Å². The molecule has 1 atom stereocenters. The first-order valence-electron chi connectivity index (χ1n) is 11.3. The van der Waals surface area contributed by atoms with Crippen LogP contribution in [-0.4, -0.2) is 21.8 Å². The summed E-state index contributed by atoms with van der Waals surface area (Å²) < 4.78 is 14.4. The number of benzene rings is 3. The van der Waals surface area contributed by atoms with Gasteiger partial charge in [-0.05, 0) is 72.9 Å². The van der Waals surface area contributed by atoms with Crippen LogP contribution in [0.2, 0.25) is 0 Å². The van der Waals surface area contributed by atoms with E-state index in [-0.39, 0.29) is 16.9 Å². The van der Waals surface area contributed by atoms with Crippen molar-refractivity contribution >= 4 is 44.1 Å². The zero-order chi connectivity index (χ0) is 24.9. The molecular weight excluding hydrogens is 463 g/mol. The number of carbonyl (C=O) groups excluding carboxylic acids is 2. The molecule has 35 heavy (non-hydrogen) atoms. The van der Waals surface area contributed by atoms with E-state index in [0.29, 0.717) is 10.7 Å². The van der Waals surface area contributed by atoms with Crippen LogP contribution in [0.25, 0.3) is 16.0 Å². The SMILES string of the molecule is CCc1ccc(C2/C(=C(\O)c3ccc(F)cc3)C(=O)C(=O)N2c2nc3c(C)cc(C)cc3s2)cc1. The molecule has 1 unspecified atom stereocenters. The van der Waals surface area contributed by atoms with Crippen molar-refractivity contribution in [3.63, 3.8) is 0 Å². The Balaban J connectivity index is 1.73. The number of hydrogen-bond acceptors (Lipinski definition) is 5. The Bertz CT molecular complexity index is 1500. The number of Topliss-reactive ketones (excluding diaryl/α,β-unsaturated/α-hetero) is 1. The second kappa shape index (κ2) is 8.74. The lowest BCUT2D eigenvalue weighted by Gasteiger charge is -2.23. The van der Waals surface area contributed by atoms with Gasteiger partial charge < -0.3 is 5.11 Å². The van der Waals surface area contributed by atoms with Crippen molar-refractivity contribution in [2.45, 2.75) is 33.2 Å². The van der Waals surface area contributed by atoms with E-state index in [1.807, 2.05) is 57.2 Å². The summed E-state index contributed by atoms with van der Waals surface area (Å²) in [6.07, 6.45) is 0.840. The fourth-order valence-electron chi connectivity index (χ4n) is 4.51. The number of anilines is 1. The Morgan fingerprint density at radius 1 is 1.06 bits per heavy atom. The molecule has 0 aliphatic carbocycles. The number of aliphatic hydroxyl groups is 1. The van der Waals surface area contributed by atoms with Crippen LogP contribution in [0.5, 0.6) is 0 Å². The lowest BCUT2D eigenvalue weighted by molar-refractivity contribution is -0.132. The molecule has 176 valence electrons. The normalized spacial score (nSPS) is 17.5. The van der Waals surface area contributed by atoms with Crippen molar-refractivity contribution in [1.29, 1.82) is 0 Å². The van der Waals surface area contributed by atoms with Crippen molar-refractivity contribution in [1.82, 2.24) is 4.98 Å². The number of ketones is 1. The van der Waals surface area contributed by atoms with Crippen molar-refractivity contribution in [3.05, 3.63) is 99.9 Å². The van der Waals surface area contributed by atoms with Crippen LogP contribution in [0.15, 0.2) is 66.2 Å². The molecule has 1 fully saturated rings. The number of halogens is 1. The second-order valence-corrected chi connectivity index (χ2v) is 9.71. The highest BCUT2D eigenvalue weighted by Crippen LogP contribution is 2.44. The molecule has 1 aromatic heterocycles. The van der Waals surface area contributed by atoms with Crippen molar-refractivity contribution in [3.8, 4) is 0 Å². The van der Waals surface area contributed by atoms with Gasteiger partial charge in [-0.3, -0.25) is 14.5 Å². The maximum Gasteiger partial charge on any atom is 0.301 e. The van der Waals surface area contributed by atoms with Gasteiger partial charge in [0.1, 0.15) is 11.6 Å². The Morgan fingerprint density at radius 2 is 1.74 bits per heavy atom. The Labute approximate surface area is 206 Å². The first-order chi connectivity index (χ1) is 16.8. The van der Waals surface area contributed by atoms with Gasteiger partial charge in [-0.2, -0.15) is 0 Å². The summed E-state index contributed by atoms with van der Waals surface area (Å²) in [5.74, 6) is -2.37. The molecule has 7 heteroatoms. The molecule has 5 nitrogen and oxygen atoms in total. The molecular formula is C28H23FN2O3S. The van der Waals surface area contributed by atoms with E-state index in [1.54, 1.807) is 0 Å². The molecule has 0 spiro atoms. The smallest absolute Gasteiger partial charge is 0.301 e.